The van der Waals surface area contributed by atoms with Crippen LogP contribution < -0.4 is 5.73 Å². The molecule has 0 aliphatic heterocycles. The van der Waals surface area contributed by atoms with Crippen molar-refractivity contribution in [3.63, 3.8) is 0 Å². The molecule has 0 aliphatic carbocycles. The molecule has 0 fully saturated rings. The van der Waals surface area contributed by atoms with Crippen LogP contribution in [-0.2, 0) is 0 Å². The fraction of sp³-hybridized carbons (Fsp3) is 0.429. The monoisotopic (exact) mass is 111 g/mol. The summed E-state index contributed by atoms with van der Waals surface area (Å²) in [5.74, 6) is 0. The second-order valence-electron chi connectivity index (χ2n) is 1.82. The molecule has 0 heterocycles. The van der Waals surface area contributed by atoms with E-state index in [1.54, 1.807) is 0 Å². The van der Waals surface area contributed by atoms with E-state index < -0.39 is 0 Å². The molecule has 0 bridgehead atoms. The van der Waals surface area contributed by atoms with Gasteiger partial charge in [-0.15, -0.1) is 0 Å². The average molecular weight is 111 g/mol. The summed E-state index contributed by atoms with van der Waals surface area (Å²) in [4.78, 5) is 0. The van der Waals surface area contributed by atoms with Gasteiger partial charge in [0.15, 0.2) is 0 Å². The molecular formula is C7H13N. The molecule has 0 aliphatic rings. The molecule has 0 rings (SSSR count). The third-order valence-corrected chi connectivity index (χ3v) is 1.02. The first kappa shape index (κ1) is 7.28. The Morgan fingerprint density at radius 1 is 1.75 bits per heavy atom. The first-order valence-electron chi connectivity index (χ1n) is 2.80. The van der Waals surface area contributed by atoms with Crippen molar-refractivity contribution in [1.29, 1.82) is 0 Å². The molecule has 0 aromatic rings. The quantitative estimate of drug-likeness (QED) is 0.540. The molecule has 46 valence electrons. The molecule has 0 saturated heterocycles. The highest BCUT2D eigenvalue weighted by molar-refractivity contribution is 5.22. The van der Waals surface area contributed by atoms with Crippen molar-refractivity contribution in [2.24, 2.45) is 5.73 Å². The van der Waals surface area contributed by atoms with E-state index in [0.717, 1.165) is 12.0 Å². The van der Waals surface area contributed by atoms with Crippen LogP contribution in [0.3, 0.4) is 0 Å². The minimum absolute atomic E-state index is 0.673. The van der Waals surface area contributed by atoms with Crippen molar-refractivity contribution in [2.75, 3.05) is 0 Å². The van der Waals surface area contributed by atoms with Crippen LogP contribution in [0.15, 0.2) is 23.9 Å². The van der Waals surface area contributed by atoms with Gasteiger partial charge >= 0.3 is 0 Å². The van der Waals surface area contributed by atoms with Crippen molar-refractivity contribution in [3.05, 3.63) is 23.9 Å². The van der Waals surface area contributed by atoms with Crippen LogP contribution in [0.1, 0.15) is 20.3 Å². The predicted octanol–water partition coefficient (Wildman–Crippen LogP) is 1.82. The molecular weight excluding hydrogens is 98.1 g/mol. The summed E-state index contributed by atoms with van der Waals surface area (Å²) in [6.07, 6.45) is 3.09. The maximum atomic E-state index is 5.36. The van der Waals surface area contributed by atoms with E-state index in [4.69, 9.17) is 5.73 Å². The highest BCUT2D eigenvalue weighted by Crippen LogP contribution is 1.99. The van der Waals surface area contributed by atoms with E-state index >= 15 is 0 Å². The molecule has 8 heavy (non-hydrogen) atoms. The zero-order valence-electron chi connectivity index (χ0n) is 5.57. The maximum Gasteiger partial charge on any atom is 0.0267 e. The summed E-state index contributed by atoms with van der Waals surface area (Å²) >= 11 is 0. The van der Waals surface area contributed by atoms with E-state index in [1.165, 1.54) is 0 Å². The molecule has 0 atom stereocenters. The SMILES string of the molecule is C=C(N)/C(C)=C/CC. The molecule has 0 spiro atoms. The Kier molecular flexibility index (Phi) is 3.01. The fourth-order valence-corrected chi connectivity index (χ4v) is 0.437. The van der Waals surface area contributed by atoms with E-state index in [9.17, 15) is 0 Å². The summed E-state index contributed by atoms with van der Waals surface area (Å²) in [5, 5.41) is 0. The summed E-state index contributed by atoms with van der Waals surface area (Å²) < 4.78 is 0. The van der Waals surface area contributed by atoms with E-state index in [0.29, 0.717) is 5.70 Å². The van der Waals surface area contributed by atoms with Gasteiger partial charge in [-0.1, -0.05) is 19.6 Å². The van der Waals surface area contributed by atoms with Crippen molar-refractivity contribution >= 4 is 0 Å². The Morgan fingerprint density at radius 3 is 2.38 bits per heavy atom. The summed E-state index contributed by atoms with van der Waals surface area (Å²) in [5.41, 5.74) is 7.12. The van der Waals surface area contributed by atoms with Gasteiger partial charge in [0, 0.05) is 5.70 Å². The van der Waals surface area contributed by atoms with Crippen molar-refractivity contribution in [1.82, 2.24) is 0 Å². The topological polar surface area (TPSA) is 26.0 Å². The fourth-order valence-electron chi connectivity index (χ4n) is 0.437. The lowest BCUT2D eigenvalue weighted by Gasteiger charge is -1.94. The lowest BCUT2D eigenvalue weighted by molar-refractivity contribution is 1.17. The Bertz CT molecular complexity index is 112. The van der Waals surface area contributed by atoms with Gasteiger partial charge in [0.05, 0.1) is 0 Å². The van der Waals surface area contributed by atoms with E-state index in [1.807, 2.05) is 6.92 Å². The molecule has 0 radical (unpaired) electrons. The molecule has 1 heteroatoms. The van der Waals surface area contributed by atoms with Crippen LogP contribution >= 0.6 is 0 Å². The maximum absolute atomic E-state index is 5.36. The van der Waals surface area contributed by atoms with Gasteiger partial charge in [-0.05, 0) is 18.9 Å². The zero-order chi connectivity index (χ0) is 6.57. The standard InChI is InChI=1S/C7H13N/c1-4-5-6(2)7(3)8/h5H,3-4,8H2,1-2H3/b6-5+. The van der Waals surface area contributed by atoms with Gasteiger partial charge in [-0.3, -0.25) is 0 Å². The van der Waals surface area contributed by atoms with Crippen LogP contribution in [0, 0.1) is 0 Å². The minimum Gasteiger partial charge on any atom is -0.399 e. The highest BCUT2D eigenvalue weighted by atomic mass is 14.6. The highest BCUT2D eigenvalue weighted by Gasteiger charge is 1.84. The van der Waals surface area contributed by atoms with Gasteiger partial charge in [-0.25, -0.2) is 0 Å². The lowest BCUT2D eigenvalue weighted by Crippen LogP contribution is -1.94. The Labute approximate surface area is 50.9 Å². The summed E-state index contributed by atoms with van der Waals surface area (Å²) in [6.45, 7) is 7.62. The first-order valence-corrected chi connectivity index (χ1v) is 2.80. The largest absolute Gasteiger partial charge is 0.399 e. The average Bonchev–Trinajstić information content (AvgIpc) is 1.67. The number of nitrogens with two attached hydrogens (primary N) is 1. The second-order valence-corrected chi connectivity index (χ2v) is 1.82. The van der Waals surface area contributed by atoms with Crippen LogP contribution in [-0.4, -0.2) is 0 Å². The predicted molar refractivity (Wildman–Crippen MR) is 37.4 cm³/mol. The van der Waals surface area contributed by atoms with Crippen molar-refractivity contribution in [3.8, 4) is 0 Å². The van der Waals surface area contributed by atoms with Crippen molar-refractivity contribution in [2.45, 2.75) is 20.3 Å². The van der Waals surface area contributed by atoms with E-state index in [-0.39, 0.29) is 0 Å². The lowest BCUT2D eigenvalue weighted by atomic mass is 10.2. The Morgan fingerprint density at radius 2 is 2.25 bits per heavy atom. The number of hydrogen-bond donors (Lipinski definition) is 1. The zero-order valence-corrected chi connectivity index (χ0v) is 5.57. The van der Waals surface area contributed by atoms with Gasteiger partial charge in [-0.2, -0.15) is 0 Å². The number of allylic oxidation sites excluding steroid dienone is 2. The molecule has 0 unspecified atom stereocenters. The van der Waals surface area contributed by atoms with Gasteiger partial charge in [0.2, 0.25) is 0 Å². The second kappa shape index (κ2) is 3.30. The molecule has 0 saturated carbocycles. The normalized spacial score (nSPS) is 11.5. The molecule has 2 N–H and O–H groups in total. The third kappa shape index (κ3) is 2.45. The van der Waals surface area contributed by atoms with Crippen molar-refractivity contribution < 1.29 is 0 Å². The van der Waals surface area contributed by atoms with Crippen LogP contribution in [0.4, 0.5) is 0 Å². The molecule has 0 aromatic heterocycles. The summed E-state index contributed by atoms with van der Waals surface area (Å²) in [7, 11) is 0. The number of hydrogen-bond acceptors (Lipinski definition) is 1. The van der Waals surface area contributed by atoms with E-state index in [2.05, 4.69) is 19.6 Å². The van der Waals surface area contributed by atoms with Crippen LogP contribution in [0.25, 0.3) is 0 Å². The smallest absolute Gasteiger partial charge is 0.0267 e. The minimum atomic E-state index is 0.673. The molecule has 0 aromatic carbocycles. The van der Waals surface area contributed by atoms with Gasteiger partial charge in [0.1, 0.15) is 0 Å². The third-order valence-electron chi connectivity index (χ3n) is 1.02. The molecule has 0 amide bonds. The molecule has 1 nitrogen and oxygen atoms in total. The van der Waals surface area contributed by atoms with Crippen LogP contribution in [0.2, 0.25) is 0 Å². The Balaban J connectivity index is 3.80. The first-order chi connectivity index (χ1) is 3.68. The Hall–Kier alpha value is -0.720. The number of rotatable bonds is 2. The van der Waals surface area contributed by atoms with Gasteiger partial charge < -0.3 is 5.73 Å². The van der Waals surface area contributed by atoms with Crippen LogP contribution in [0.5, 0.6) is 0 Å². The van der Waals surface area contributed by atoms with Gasteiger partial charge in [0.25, 0.3) is 0 Å². The summed E-state index contributed by atoms with van der Waals surface area (Å²) in [6, 6.07) is 0.